The maximum absolute atomic E-state index is 13.0. The Balaban J connectivity index is 2.93. The first-order valence-electron chi connectivity index (χ1n) is 4.75. The fourth-order valence-corrected chi connectivity index (χ4v) is 1.10. The minimum absolute atomic E-state index is 0.0639. The Labute approximate surface area is 87.7 Å². The number of phenolic OH excluding ortho intramolecular Hbond substituents is 1. The Morgan fingerprint density at radius 2 is 2.27 bits per heavy atom. The average molecular weight is 209 g/mol. The summed E-state index contributed by atoms with van der Waals surface area (Å²) in [6.07, 6.45) is 1.72. The van der Waals surface area contributed by atoms with Crippen LogP contribution in [-0.2, 0) is 0 Å². The number of hydrogen-bond donors (Lipinski definition) is 1. The Kier molecular flexibility index (Phi) is 3.92. The summed E-state index contributed by atoms with van der Waals surface area (Å²) in [5.41, 5.74) is 0.144. The normalized spacial score (nSPS) is 9.67. The molecule has 15 heavy (non-hydrogen) atoms. The van der Waals surface area contributed by atoms with E-state index in [2.05, 4.69) is 0 Å². The first-order valence-corrected chi connectivity index (χ1v) is 4.75. The van der Waals surface area contributed by atoms with Gasteiger partial charge in [-0.1, -0.05) is 13.3 Å². The molecule has 4 heteroatoms. The van der Waals surface area contributed by atoms with Crippen molar-refractivity contribution in [2.24, 2.45) is 0 Å². The number of unbranched alkanes of at least 4 members (excludes halogenated alkanes) is 1. The third-order valence-electron chi connectivity index (χ3n) is 1.95. The molecule has 0 amide bonds. The number of nitriles is 1. The Morgan fingerprint density at radius 1 is 1.53 bits per heavy atom. The fourth-order valence-electron chi connectivity index (χ4n) is 1.10. The lowest BCUT2D eigenvalue weighted by molar-refractivity contribution is 0.286. The van der Waals surface area contributed by atoms with Crippen molar-refractivity contribution in [3.05, 3.63) is 23.5 Å². The average Bonchev–Trinajstić information content (AvgIpc) is 2.25. The molecule has 0 unspecified atom stereocenters. The third kappa shape index (κ3) is 2.59. The minimum atomic E-state index is -0.777. The van der Waals surface area contributed by atoms with Crippen LogP contribution in [0.3, 0.4) is 0 Å². The zero-order valence-corrected chi connectivity index (χ0v) is 8.46. The summed E-state index contributed by atoms with van der Waals surface area (Å²) >= 11 is 0. The van der Waals surface area contributed by atoms with E-state index >= 15 is 0 Å². The molecule has 0 saturated heterocycles. The highest BCUT2D eigenvalue weighted by molar-refractivity contribution is 5.52. The van der Waals surface area contributed by atoms with Crippen molar-refractivity contribution in [2.75, 3.05) is 6.61 Å². The summed E-state index contributed by atoms with van der Waals surface area (Å²) in [5.74, 6) is -1.43. The Bertz CT molecular complexity index is 385. The molecule has 1 N–H and O–H groups in total. The molecule has 1 aromatic carbocycles. The molecule has 0 aliphatic carbocycles. The molecule has 3 nitrogen and oxygen atoms in total. The molecule has 1 rings (SSSR count). The number of benzene rings is 1. The van der Waals surface area contributed by atoms with E-state index in [0.29, 0.717) is 6.61 Å². The van der Waals surface area contributed by atoms with Crippen LogP contribution < -0.4 is 4.74 Å². The van der Waals surface area contributed by atoms with Gasteiger partial charge in [0.05, 0.1) is 12.2 Å². The van der Waals surface area contributed by atoms with E-state index in [9.17, 15) is 9.50 Å². The smallest absolute Gasteiger partial charge is 0.195 e. The highest BCUT2D eigenvalue weighted by Crippen LogP contribution is 2.32. The van der Waals surface area contributed by atoms with Crippen molar-refractivity contribution >= 4 is 0 Å². The van der Waals surface area contributed by atoms with Crippen LogP contribution in [0.25, 0.3) is 0 Å². The molecule has 0 aliphatic rings. The lowest BCUT2D eigenvalue weighted by Gasteiger charge is -2.09. The van der Waals surface area contributed by atoms with Crippen LogP contribution in [0.4, 0.5) is 4.39 Å². The molecule has 1 aromatic rings. The second-order valence-electron chi connectivity index (χ2n) is 3.09. The highest BCUT2D eigenvalue weighted by Gasteiger charge is 2.13. The van der Waals surface area contributed by atoms with Crippen molar-refractivity contribution in [3.63, 3.8) is 0 Å². The zero-order chi connectivity index (χ0) is 11.3. The van der Waals surface area contributed by atoms with Gasteiger partial charge in [0.15, 0.2) is 17.3 Å². The van der Waals surface area contributed by atoms with Gasteiger partial charge in [0.2, 0.25) is 0 Å². The first-order chi connectivity index (χ1) is 7.20. The van der Waals surface area contributed by atoms with Crippen molar-refractivity contribution < 1.29 is 14.2 Å². The number of halogens is 1. The van der Waals surface area contributed by atoms with Gasteiger partial charge >= 0.3 is 0 Å². The van der Waals surface area contributed by atoms with Crippen LogP contribution in [0.15, 0.2) is 12.1 Å². The summed E-state index contributed by atoms with van der Waals surface area (Å²) in [6.45, 7) is 2.35. The second kappa shape index (κ2) is 5.20. The molecular weight excluding hydrogens is 197 g/mol. The standard InChI is InChI=1S/C11H12FNO2/c1-2-3-6-15-11-8(7-13)4-5-9(12)10(11)14/h4-5,14H,2-3,6H2,1H3. The number of rotatable bonds is 4. The van der Waals surface area contributed by atoms with Gasteiger partial charge in [0.1, 0.15) is 6.07 Å². The quantitative estimate of drug-likeness (QED) is 0.775. The number of ether oxygens (including phenoxy) is 1. The third-order valence-corrected chi connectivity index (χ3v) is 1.95. The highest BCUT2D eigenvalue weighted by atomic mass is 19.1. The SMILES string of the molecule is CCCCOc1c(C#N)ccc(F)c1O. The van der Waals surface area contributed by atoms with Crippen LogP contribution in [0.1, 0.15) is 25.3 Å². The van der Waals surface area contributed by atoms with Gasteiger partial charge in [-0.05, 0) is 18.6 Å². The van der Waals surface area contributed by atoms with Crippen molar-refractivity contribution in [3.8, 4) is 17.6 Å². The van der Waals surface area contributed by atoms with Gasteiger partial charge < -0.3 is 9.84 Å². The van der Waals surface area contributed by atoms with Gasteiger partial charge in [-0.3, -0.25) is 0 Å². The maximum atomic E-state index is 13.0. The zero-order valence-electron chi connectivity index (χ0n) is 8.46. The van der Waals surface area contributed by atoms with E-state index in [0.717, 1.165) is 18.9 Å². The van der Waals surface area contributed by atoms with Crippen LogP contribution in [-0.4, -0.2) is 11.7 Å². The second-order valence-corrected chi connectivity index (χ2v) is 3.09. The van der Waals surface area contributed by atoms with Crippen LogP contribution in [0, 0.1) is 17.1 Å². The molecule has 0 radical (unpaired) electrons. The minimum Gasteiger partial charge on any atom is -0.502 e. The van der Waals surface area contributed by atoms with E-state index < -0.39 is 11.6 Å². The van der Waals surface area contributed by atoms with Crippen molar-refractivity contribution in [2.45, 2.75) is 19.8 Å². The predicted octanol–water partition coefficient (Wildman–Crippen LogP) is 2.58. The van der Waals surface area contributed by atoms with Gasteiger partial charge in [-0.15, -0.1) is 0 Å². The van der Waals surface area contributed by atoms with Gasteiger partial charge in [0.25, 0.3) is 0 Å². The largest absolute Gasteiger partial charge is 0.502 e. The van der Waals surface area contributed by atoms with Gasteiger partial charge in [-0.2, -0.15) is 5.26 Å². The molecule has 0 aromatic heterocycles. The molecule has 0 atom stereocenters. The Morgan fingerprint density at radius 3 is 2.87 bits per heavy atom. The fraction of sp³-hybridized carbons (Fsp3) is 0.364. The molecule has 0 heterocycles. The topological polar surface area (TPSA) is 53.2 Å². The van der Waals surface area contributed by atoms with E-state index in [1.54, 1.807) is 0 Å². The van der Waals surface area contributed by atoms with E-state index in [1.807, 2.05) is 13.0 Å². The number of hydrogen-bond acceptors (Lipinski definition) is 3. The molecule has 0 fully saturated rings. The molecule has 0 bridgehead atoms. The molecular formula is C11H12FNO2. The van der Waals surface area contributed by atoms with Crippen LogP contribution in [0.5, 0.6) is 11.5 Å². The summed E-state index contributed by atoms with van der Waals surface area (Å²) < 4.78 is 18.1. The van der Waals surface area contributed by atoms with Crippen molar-refractivity contribution in [1.29, 1.82) is 5.26 Å². The summed E-state index contributed by atoms with van der Waals surface area (Å²) in [7, 11) is 0. The Hall–Kier alpha value is -1.76. The predicted molar refractivity (Wildman–Crippen MR) is 53.2 cm³/mol. The molecule has 0 spiro atoms. The van der Waals surface area contributed by atoms with E-state index in [1.165, 1.54) is 6.07 Å². The molecule has 0 saturated carbocycles. The molecule has 0 aliphatic heterocycles. The van der Waals surface area contributed by atoms with Gasteiger partial charge in [0, 0.05) is 0 Å². The summed E-state index contributed by atoms with van der Waals surface area (Å²) in [6, 6.07) is 4.17. The summed E-state index contributed by atoms with van der Waals surface area (Å²) in [5, 5.41) is 18.1. The number of phenols is 1. The molecule has 80 valence electrons. The first kappa shape index (κ1) is 11.3. The number of aromatic hydroxyl groups is 1. The number of nitrogens with zero attached hydrogens (tertiary/aromatic N) is 1. The lowest BCUT2D eigenvalue weighted by Crippen LogP contribution is -1.99. The van der Waals surface area contributed by atoms with E-state index in [4.69, 9.17) is 10.00 Å². The van der Waals surface area contributed by atoms with Crippen LogP contribution >= 0.6 is 0 Å². The maximum Gasteiger partial charge on any atom is 0.195 e. The lowest BCUT2D eigenvalue weighted by atomic mass is 10.2. The van der Waals surface area contributed by atoms with Crippen molar-refractivity contribution in [1.82, 2.24) is 0 Å². The van der Waals surface area contributed by atoms with E-state index in [-0.39, 0.29) is 11.3 Å². The summed E-state index contributed by atoms with van der Waals surface area (Å²) in [4.78, 5) is 0. The van der Waals surface area contributed by atoms with Gasteiger partial charge in [-0.25, -0.2) is 4.39 Å². The van der Waals surface area contributed by atoms with Crippen LogP contribution in [0.2, 0.25) is 0 Å². The monoisotopic (exact) mass is 209 g/mol.